The number of hydrogen-bond donors (Lipinski definition) is 0. The average molecular weight is 261 g/mol. The van der Waals surface area contributed by atoms with Crippen LogP contribution < -0.4 is 0 Å². The zero-order valence-electron chi connectivity index (χ0n) is 7.21. The topological polar surface area (TPSA) is 3.01 Å². The summed E-state index contributed by atoms with van der Waals surface area (Å²) in [5.41, 5.74) is 1.34. The third kappa shape index (κ3) is 2.46. The van der Waals surface area contributed by atoms with Gasteiger partial charge in [0.2, 0.25) is 0 Å². The lowest BCUT2D eigenvalue weighted by atomic mass is 10.2. The third-order valence-electron chi connectivity index (χ3n) is 2.31. The number of hydrogen-bond acceptors (Lipinski definition) is 1. The molecule has 1 nitrogen and oxygen atoms in total. The highest BCUT2D eigenvalue weighted by atomic mass is 79.9. The van der Waals surface area contributed by atoms with Gasteiger partial charge in [-0.05, 0) is 17.7 Å². The normalized spacial score (nSPS) is 26.0. The Morgan fingerprint density at radius 2 is 2.08 bits per heavy atom. The Morgan fingerprint density at radius 1 is 1.38 bits per heavy atom. The van der Waals surface area contributed by atoms with Gasteiger partial charge in [0, 0.05) is 29.5 Å². The van der Waals surface area contributed by atoms with Crippen LogP contribution in [0.5, 0.6) is 0 Å². The molecule has 1 aliphatic rings. The van der Waals surface area contributed by atoms with Crippen molar-refractivity contribution < 1.29 is 0 Å². The van der Waals surface area contributed by atoms with Crippen molar-refractivity contribution in [1.82, 2.24) is 4.90 Å². The predicted molar refractivity (Wildman–Crippen MR) is 59.4 cm³/mol. The van der Waals surface area contributed by atoms with E-state index in [1.165, 1.54) is 12.1 Å². The molecule has 0 N–H and O–H groups in total. The van der Waals surface area contributed by atoms with Gasteiger partial charge < -0.3 is 0 Å². The number of halogens is 2. The van der Waals surface area contributed by atoms with Gasteiger partial charge in [0.1, 0.15) is 0 Å². The number of benzene rings is 1. The number of nitrogens with zero attached hydrogens (tertiary/aromatic N) is 1. The molecular formula is C10H11BrClN. The van der Waals surface area contributed by atoms with E-state index in [9.17, 15) is 0 Å². The minimum absolute atomic E-state index is 0.746. The maximum absolute atomic E-state index is 5.80. The van der Waals surface area contributed by atoms with E-state index in [-0.39, 0.29) is 0 Å². The monoisotopic (exact) mass is 259 g/mol. The molecule has 2 unspecified atom stereocenters. The van der Waals surface area contributed by atoms with Crippen LogP contribution in [0, 0.1) is 0 Å². The Labute approximate surface area is 91.8 Å². The second kappa shape index (κ2) is 3.99. The van der Waals surface area contributed by atoms with Crippen molar-refractivity contribution in [1.29, 1.82) is 0 Å². The minimum Gasteiger partial charge on any atom is -0.292 e. The highest BCUT2D eigenvalue weighted by molar-refractivity contribution is 9.09. The molecule has 1 saturated heterocycles. The minimum atomic E-state index is 0.746. The molecule has 13 heavy (non-hydrogen) atoms. The van der Waals surface area contributed by atoms with E-state index in [2.05, 4.69) is 33.0 Å². The van der Waals surface area contributed by atoms with Crippen LogP contribution in [0.3, 0.4) is 0 Å². The van der Waals surface area contributed by atoms with Crippen LogP contribution in [0.25, 0.3) is 0 Å². The molecular weight excluding hydrogens is 249 g/mol. The molecule has 0 spiro atoms. The second-order valence-electron chi connectivity index (χ2n) is 3.36. The molecule has 1 aromatic rings. The molecule has 1 aliphatic heterocycles. The van der Waals surface area contributed by atoms with Crippen LogP contribution in [0.15, 0.2) is 24.3 Å². The molecule has 1 aromatic carbocycles. The lowest BCUT2D eigenvalue weighted by Gasteiger charge is -2.02. The van der Waals surface area contributed by atoms with Crippen molar-refractivity contribution in [2.45, 2.75) is 12.6 Å². The summed E-state index contributed by atoms with van der Waals surface area (Å²) >= 11 is 9.28. The summed E-state index contributed by atoms with van der Waals surface area (Å²) < 4.78 is 0. The highest BCUT2D eigenvalue weighted by Crippen LogP contribution is 2.22. The van der Waals surface area contributed by atoms with Gasteiger partial charge in [-0.2, -0.15) is 0 Å². The van der Waals surface area contributed by atoms with Crippen molar-refractivity contribution >= 4 is 27.5 Å². The van der Waals surface area contributed by atoms with Crippen molar-refractivity contribution in [2.75, 3.05) is 11.9 Å². The van der Waals surface area contributed by atoms with Crippen LogP contribution in [-0.4, -0.2) is 22.8 Å². The third-order valence-corrected chi connectivity index (χ3v) is 3.30. The summed E-state index contributed by atoms with van der Waals surface area (Å²) in [7, 11) is 0. The highest BCUT2D eigenvalue weighted by Gasteiger charge is 2.31. The quantitative estimate of drug-likeness (QED) is 0.596. The van der Waals surface area contributed by atoms with Crippen LogP contribution in [0.4, 0.5) is 0 Å². The smallest absolute Gasteiger partial charge is 0.0406 e. The Bertz CT molecular complexity index is 285. The fraction of sp³-hybridized carbons (Fsp3) is 0.400. The first-order valence-corrected chi connectivity index (χ1v) is 5.84. The molecule has 0 saturated carbocycles. The van der Waals surface area contributed by atoms with E-state index in [1.807, 2.05) is 12.1 Å². The van der Waals surface area contributed by atoms with Gasteiger partial charge in [0.15, 0.2) is 0 Å². The fourth-order valence-corrected chi connectivity index (χ4v) is 2.13. The molecule has 0 aromatic heterocycles. The molecule has 0 aliphatic carbocycles. The van der Waals surface area contributed by atoms with Crippen LogP contribution >= 0.6 is 27.5 Å². The Morgan fingerprint density at radius 3 is 2.62 bits per heavy atom. The van der Waals surface area contributed by atoms with Gasteiger partial charge in [-0.1, -0.05) is 39.7 Å². The SMILES string of the molecule is Clc1ccc(CN2CC2CBr)cc1. The summed E-state index contributed by atoms with van der Waals surface area (Å²) in [6.07, 6.45) is 0. The molecule has 2 atom stereocenters. The average Bonchev–Trinajstić information content (AvgIpc) is 2.88. The van der Waals surface area contributed by atoms with E-state index in [0.29, 0.717) is 0 Å². The zero-order valence-corrected chi connectivity index (χ0v) is 9.55. The van der Waals surface area contributed by atoms with Crippen LogP contribution in [-0.2, 0) is 6.54 Å². The van der Waals surface area contributed by atoms with Crippen molar-refractivity contribution in [2.24, 2.45) is 0 Å². The first-order valence-electron chi connectivity index (χ1n) is 4.34. The van der Waals surface area contributed by atoms with Gasteiger partial charge >= 0.3 is 0 Å². The molecule has 0 radical (unpaired) electrons. The van der Waals surface area contributed by atoms with Crippen LogP contribution in [0.2, 0.25) is 5.02 Å². The predicted octanol–water partition coefficient (Wildman–Crippen LogP) is 2.92. The van der Waals surface area contributed by atoms with Gasteiger partial charge in [-0.15, -0.1) is 0 Å². The Hall–Kier alpha value is -0.0500. The lowest BCUT2D eigenvalue weighted by Crippen LogP contribution is -2.02. The van der Waals surface area contributed by atoms with E-state index in [4.69, 9.17) is 11.6 Å². The van der Waals surface area contributed by atoms with Crippen LogP contribution in [0.1, 0.15) is 5.56 Å². The van der Waals surface area contributed by atoms with E-state index < -0.39 is 0 Å². The molecule has 3 heteroatoms. The first kappa shape index (κ1) is 9.50. The summed E-state index contributed by atoms with van der Waals surface area (Å²) in [5, 5.41) is 1.90. The lowest BCUT2D eigenvalue weighted by molar-refractivity contribution is 0.518. The molecule has 0 amide bonds. The van der Waals surface area contributed by atoms with E-state index >= 15 is 0 Å². The Kier molecular flexibility index (Phi) is 2.92. The molecule has 2 rings (SSSR count). The van der Waals surface area contributed by atoms with Gasteiger partial charge in [0.25, 0.3) is 0 Å². The molecule has 70 valence electrons. The summed E-state index contributed by atoms with van der Waals surface area (Å²) in [4.78, 5) is 2.43. The van der Waals surface area contributed by atoms with Crippen molar-refractivity contribution in [3.63, 3.8) is 0 Å². The number of alkyl halides is 1. The van der Waals surface area contributed by atoms with E-state index in [0.717, 1.165) is 22.9 Å². The summed E-state index contributed by atoms with van der Waals surface area (Å²) in [5.74, 6) is 0. The first-order chi connectivity index (χ1) is 6.29. The molecule has 1 heterocycles. The van der Waals surface area contributed by atoms with Gasteiger partial charge in [-0.25, -0.2) is 0 Å². The maximum Gasteiger partial charge on any atom is 0.0406 e. The van der Waals surface area contributed by atoms with Gasteiger partial charge in [0.05, 0.1) is 0 Å². The summed E-state index contributed by atoms with van der Waals surface area (Å²) in [6, 6.07) is 8.82. The molecule has 1 fully saturated rings. The van der Waals surface area contributed by atoms with E-state index in [1.54, 1.807) is 0 Å². The number of rotatable bonds is 3. The second-order valence-corrected chi connectivity index (χ2v) is 4.45. The standard InChI is InChI=1S/C10H11BrClN/c11-5-10-7-13(10)6-8-1-3-9(12)4-2-8/h1-4,10H,5-7H2. The van der Waals surface area contributed by atoms with Crippen molar-refractivity contribution in [3.05, 3.63) is 34.9 Å². The Balaban J connectivity index is 1.92. The van der Waals surface area contributed by atoms with Gasteiger partial charge in [-0.3, -0.25) is 4.90 Å². The maximum atomic E-state index is 5.80. The van der Waals surface area contributed by atoms with Crippen molar-refractivity contribution in [3.8, 4) is 0 Å². The largest absolute Gasteiger partial charge is 0.292 e. The zero-order chi connectivity index (χ0) is 9.26. The fourth-order valence-electron chi connectivity index (χ4n) is 1.39. The summed E-state index contributed by atoms with van der Waals surface area (Å²) in [6.45, 7) is 2.27. The molecule has 0 bridgehead atoms.